The van der Waals surface area contributed by atoms with Gasteiger partial charge < -0.3 is 11.1 Å². The van der Waals surface area contributed by atoms with Gasteiger partial charge in [-0.3, -0.25) is 9.11 Å². The number of nitrogens with zero attached hydrogens (tertiary/aromatic N) is 4. The first-order chi connectivity index (χ1) is 18.9. The number of hydrogen-bond acceptors (Lipinski definition) is 18. The highest BCUT2D eigenvalue weighted by Gasteiger charge is 2.24. The Bertz CT molecular complexity index is 1670. The topological polar surface area (TPSA) is 274 Å². The highest BCUT2D eigenvalue weighted by molar-refractivity contribution is 7.95. The lowest BCUT2D eigenvalue weighted by Gasteiger charge is -2.15. The molecule has 40 heavy (non-hydrogen) atoms. The molecule has 18 nitrogen and oxygen atoms in total. The summed E-state index contributed by atoms with van der Waals surface area (Å²) in [5.74, 6) is -0.156. The third-order valence-electron chi connectivity index (χ3n) is 4.75. The van der Waals surface area contributed by atoms with Crippen molar-refractivity contribution < 1.29 is 55.2 Å². The van der Waals surface area contributed by atoms with Crippen molar-refractivity contribution in [3.05, 3.63) is 36.4 Å². The first-order valence-corrected chi connectivity index (χ1v) is 14.6. The van der Waals surface area contributed by atoms with E-state index in [-0.39, 0.29) is 44.3 Å². The van der Waals surface area contributed by atoms with Crippen LogP contribution in [0.2, 0.25) is 0 Å². The number of fused-ring (bicyclic) bond motifs is 1. The van der Waals surface area contributed by atoms with Gasteiger partial charge in [0.1, 0.15) is 21.2 Å². The van der Waals surface area contributed by atoms with Crippen LogP contribution < -0.4 is 11.1 Å². The Kier molecular flexibility index (Phi) is 10.7. The van der Waals surface area contributed by atoms with E-state index in [4.69, 9.17) is 16.2 Å². The molecular formula is C18H18N6O12S4. The molecule has 0 saturated heterocycles. The predicted octanol–water partition coefficient (Wildman–Crippen LogP) is 4.91. The van der Waals surface area contributed by atoms with Crippen LogP contribution in [-0.4, -0.2) is 49.4 Å². The monoisotopic (exact) mass is 638 g/mol. The molecule has 0 heterocycles. The van der Waals surface area contributed by atoms with E-state index in [1.165, 1.54) is 31.3 Å². The van der Waals surface area contributed by atoms with Crippen LogP contribution in [0.3, 0.4) is 0 Å². The summed E-state index contributed by atoms with van der Waals surface area (Å²) in [5, 5.41) is 42.2. The minimum Gasteiger partial charge on any atom is -0.396 e. The number of benzene rings is 3. The van der Waals surface area contributed by atoms with E-state index in [0.717, 1.165) is 12.1 Å². The van der Waals surface area contributed by atoms with Crippen molar-refractivity contribution in [2.75, 3.05) is 24.0 Å². The van der Waals surface area contributed by atoms with Crippen LogP contribution in [0.1, 0.15) is 0 Å². The van der Waals surface area contributed by atoms with Crippen LogP contribution in [0.5, 0.6) is 0 Å². The van der Waals surface area contributed by atoms with E-state index in [1.807, 2.05) is 0 Å². The molecular weight excluding hydrogens is 620 g/mol. The fourth-order valence-electron chi connectivity index (χ4n) is 3.28. The molecule has 0 aliphatic rings. The number of nitrogens with one attached hydrogen (secondary N) is 1. The summed E-state index contributed by atoms with van der Waals surface area (Å²) in [6.07, 6.45) is 0. The second kappa shape index (κ2) is 13.6. The summed E-state index contributed by atoms with van der Waals surface area (Å²) in [5.41, 5.74) is 4.64. The van der Waals surface area contributed by atoms with Gasteiger partial charge in [-0.1, -0.05) is 22.2 Å². The SMILES string of the molecule is CN=Nc1cc(S(=O)(=O)O)c(N)c(N=Nc2cc(S(=O)(=O)O)c3cccc(SOOO)c3c2)c1NCSOOO. The standard InChI is InChI=1S/C18H18N6O12S4/c1-20-23-12-7-15(40(30,31)32)16(19)18(17(12)21-8-37-35-33-25)24-22-9-5-11-10(14(6-9)39(27,28)29)3-2-4-13(11)38-36-34-26/h2-7,21,25-26H,8,19H2,1H3,(H,27,28,29)(H,30,31,32). The fraction of sp³-hybridized carbons (Fsp3) is 0.111. The quantitative estimate of drug-likeness (QED) is 0.0212. The van der Waals surface area contributed by atoms with Crippen LogP contribution in [0.15, 0.2) is 71.5 Å². The van der Waals surface area contributed by atoms with Gasteiger partial charge in [0.25, 0.3) is 20.2 Å². The van der Waals surface area contributed by atoms with Gasteiger partial charge in [0, 0.05) is 22.7 Å². The van der Waals surface area contributed by atoms with E-state index < -0.39 is 35.7 Å². The highest BCUT2D eigenvalue weighted by atomic mass is 32.2. The minimum absolute atomic E-state index is 0.0528. The number of anilines is 2. The number of hydrogen-bond donors (Lipinski definition) is 6. The zero-order chi connectivity index (χ0) is 29.5. The van der Waals surface area contributed by atoms with E-state index in [1.54, 1.807) is 0 Å². The summed E-state index contributed by atoms with van der Waals surface area (Å²) < 4.78 is 76.4. The van der Waals surface area contributed by atoms with Gasteiger partial charge in [-0.25, -0.2) is 10.5 Å². The lowest BCUT2D eigenvalue weighted by molar-refractivity contribution is -0.432. The maximum absolute atomic E-state index is 12.1. The molecule has 0 saturated carbocycles. The van der Waals surface area contributed by atoms with Crippen LogP contribution >= 0.6 is 24.1 Å². The molecule has 3 aromatic carbocycles. The molecule has 216 valence electrons. The number of rotatable bonds is 13. The minimum atomic E-state index is -4.90. The maximum atomic E-state index is 12.1. The van der Waals surface area contributed by atoms with E-state index >= 15 is 0 Å². The molecule has 0 fully saturated rings. The normalized spacial score (nSPS) is 12.6. The molecule has 0 spiro atoms. The summed E-state index contributed by atoms with van der Waals surface area (Å²) >= 11 is 1.07. The lowest BCUT2D eigenvalue weighted by atomic mass is 10.1. The van der Waals surface area contributed by atoms with Crippen molar-refractivity contribution in [2.45, 2.75) is 14.7 Å². The van der Waals surface area contributed by atoms with Gasteiger partial charge in [0.05, 0.1) is 47.0 Å². The summed E-state index contributed by atoms with van der Waals surface area (Å²) in [7, 11) is -8.42. The number of nitrogens with two attached hydrogens (primary N) is 1. The number of azo groups is 2. The summed E-state index contributed by atoms with van der Waals surface area (Å²) in [4.78, 5) is -1.12. The van der Waals surface area contributed by atoms with Gasteiger partial charge >= 0.3 is 0 Å². The Morgan fingerprint density at radius 1 is 0.925 bits per heavy atom. The molecule has 3 aromatic rings. The van der Waals surface area contributed by atoms with Gasteiger partial charge in [-0.15, -0.1) is 13.8 Å². The van der Waals surface area contributed by atoms with Crippen molar-refractivity contribution >= 4 is 83.5 Å². The summed E-state index contributed by atoms with van der Waals surface area (Å²) in [6, 6.07) is 7.54. The van der Waals surface area contributed by atoms with E-state index in [2.05, 4.69) is 44.5 Å². The molecule has 0 aliphatic carbocycles. The second-order valence-electron chi connectivity index (χ2n) is 7.08. The van der Waals surface area contributed by atoms with Crippen LogP contribution in [0.4, 0.5) is 28.4 Å². The van der Waals surface area contributed by atoms with Gasteiger partial charge in [0.15, 0.2) is 0 Å². The molecule has 0 amide bonds. The van der Waals surface area contributed by atoms with E-state index in [9.17, 15) is 25.9 Å². The molecule has 0 atom stereocenters. The third kappa shape index (κ3) is 7.59. The average molecular weight is 639 g/mol. The van der Waals surface area contributed by atoms with E-state index in [0.29, 0.717) is 24.1 Å². The molecule has 0 aromatic heterocycles. The molecule has 0 aliphatic heterocycles. The van der Waals surface area contributed by atoms with Crippen LogP contribution in [0, 0.1) is 0 Å². The Morgan fingerprint density at radius 2 is 1.62 bits per heavy atom. The number of nitrogen functional groups attached to an aromatic ring is 1. The van der Waals surface area contributed by atoms with Crippen molar-refractivity contribution in [3.8, 4) is 0 Å². The molecule has 3 rings (SSSR count). The summed E-state index contributed by atoms with van der Waals surface area (Å²) in [6.45, 7) is 0. The Labute approximate surface area is 233 Å². The first-order valence-electron chi connectivity index (χ1n) is 10.1. The lowest BCUT2D eigenvalue weighted by Crippen LogP contribution is -2.06. The predicted molar refractivity (Wildman–Crippen MR) is 141 cm³/mol. The van der Waals surface area contributed by atoms with Crippen molar-refractivity contribution in [1.29, 1.82) is 0 Å². The third-order valence-corrected chi connectivity index (χ3v) is 7.62. The fourth-order valence-corrected chi connectivity index (χ4v) is 5.44. The van der Waals surface area contributed by atoms with Crippen molar-refractivity contribution in [3.63, 3.8) is 0 Å². The maximum Gasteiger partial charge on any atom is 0.296 e. The smallest absolute Gasteiger partial charge is 0.296 e. The second-order valence-corrected chi connectivity index (χ2v) is 11.3. The van der Waals surface area contributed by atoms with Crippen LogP contribution in [-0.2, 0) is 39.0 Å². The largest absolute Gasteiger partial charge is 0.396 e. The molecule has 22 heteroatoms. The highest BCUT2D eigenvalue weighted by Crippen LogP contribution is 2.45. The Balaban J connectivity index is 2.27. The van der Waals surface area contributed by atoms with Crippen LogP contribution in [0.25, 0.3) is 10.8 Å². The molecule has 0 radical (unpaired) electrons. The Hall–Kier alpha value is -3.00. The zero-order valence-corrected chi connectivity index (χ0v) is 23.0. The van der Waals surface area contributed by atoms with Crippen molar-refractivity contribution in [2.24, 2.45) is 20.5 Å². The average Bonchev–Trinajstić information content (AvgIpc) is 2.89. The zero-order valence-electron chi connectivity index (χ0n) is 19.7. The van der Waals surface area contributed by atoms with Crippen molar-refractivity contribution in [1.82, 2.24) is 0 Å². The molecule has 7 N–H and O–H groups in total. The Morgan fingerprint density at radius 3 is 2.25 bits per heavy atom. The van der Waals surface area contributed by atoms with Gasteiger partial charge in [0.2, 0.25) is 0 Å². The van der Waals surface area contributed by atoms with Gasteiger partial charge in [-0.2, -0.15) is 32.2 Å². The molecule has 0 unspecified atom stereocenters. The first kappa shape index (κ1) is 31.5. The molecule has 0 bridgehead atoms. The van der Waals surface area contributed by atoms with Gasteiger partial charge in [-0.05, 0) is 24.3 Å².